The molecule has 0 aromatic heterocycles. The summed E-state index contributed by atoms with van der Waals surface area (Å²) >= 11 is 0. The van der Waals surface area contributed by atoms with Crippen LogP contribution in [-0.2, 0) is 9.63 Å². The maximum absolute atomic E-state index is 9.76. The minimum atomic E-state index is -0.0685. The Balaban J connectivity index is 2.16. The Kier molecular flexibility index (Phi) is 1.71. The normalized spacial score (nSPS) is 22.3. The average molecular weight is 129 g/mol. The number of carbonyl (C=O) groups excluding carboxylic acids is 1. The van der Waals surface area contributed by atoms with E-state index >= 15 is 0 Å². The van der Waals surface area contributed by atoms with E-state index in [2.05, 4.69) is 5.48 Å². The van der Waals surface area contributed by atoms with Crippen LogP contribution in [0.1, 0.15) is 26.2 Å². The van der Waals surface area contributed by atoms with Gasteiger partial charge in [-0.25, -0.2) is 5.48 Å². The first-order valence-corrected chi connectivity index (χ1v) is 3.14. The standard InChI is InChI=1S/C6H11NO2/c1-6(3-2-4-6)9-7-5-8/h5H,2-4H2,1H3,(H,7,8). The molecule has 1 aliphatic rings. The van der Waals surface area contributed by atoms with Crippen molar-refractivity contribution >= 4 is 6.41 Å². The van der Waals surface area contributed by atoms with Gasteiger partial charge in [-0.2, -0.15) is 0 Å². The molecule has 1 aliphatic carbocycles. The molecular formula is C6H11NO2. The van der Waals surface area contributed by atoms with Crippen LogP contribution in [0.3, 0.4) is 0 Å². The van der Waals surface area contributed by atoms with Crippen LogP contribution in [0.4, 0.5) is 0 Å². The molecule has 0 unspecified atom stereocenters. The molecule has 0 aromatic carbocycles. The van der Waals surface area contributed by atoms with Crippen LogP contribution in [0.2, 0.25) is 0 Å². The summed E-state index contributed by atoms with van der Waals surface area (Å²) in [4.78, 5) is 14.8. The summed E-state index contributed by atoms with van der Waals surface area (Å²) in [6.07, 6.45) is 3.86. The Morgan fingerprint density at radius 2 is 2.33 bits per heavy atom. The molecular weight excluding hydrogens is 118 g/mol. The zero-order chi connectivity index (χ0) is 6.74. The van der Waals surface area contributed by atoms with Gasteiger partial charge in [-0.15, -0.1) is 0 Å². The van der Waals surface area contributed by atoms with Crippen LogP contribution in [0.25, 0.3) is 0 Å². The highest BCUT2D eigenvalue weighted by Crippen LogP contribution is 2.33. The van der Waals surface area contributed by atoms with Gasteiger partial charge in [-0.3, -0.25) is 9.63 Å². The topological polar surface area (TPSA) is 38.3 Å². The molecule has 0 bridgehead atoms. The molecule has 9 heavy (non-hydrogen) atoms. The molecule has 1 rings (SSSR count). The molecule has 3 heteroatoms. The van der Waals surface area contributed by atoms with Gasteiger partial charge < -0.3 is 0 Å². The Bertz CT molecular complexity index is 110. The van der Waals surface area contributed by atoms with Gasteiger partial charge in [-0.1, -0.05) is 0 Å². The Morgan fingerprint density at radius 3 is 2.67 bits per heavy atom. The maximum atomic E-state index is 9.76. The molecule has 1 fully saturated rings. The summed E-state index contributed by atoms with van der Waals surface area (Å²) in [5, 5.41) is 0. The highest BCUT2D eigenvalue weighted by Gasteiger charge is 2.33. The van der Waals surface area contributed by atoms with E-state index in [0.717, 1.165) is 12.8 Å². The zero-order valence-electron chi connectivity index (χ0n) is 5.52. The highest BCUT2D eigenvalue weighted by molar-refractivity contribution is 5.43. The van der Waals surface area contributed by atoms with Crippen molar-refractivity contribution < 1.29 is 9.63 Å². The fourth-order valence-corrected chi connectivity index (χ4v) is 0.943. The van der Waals surface area contributed by atoms with Crippen molar-refractivity contribution in [3.8, 4) is 0 Å². The van der Waals surface area contributed by atoms with E-state index in [1.54, 1.807) is 0 Å². The monoisotopic (exact) mass is 129 g/mol. The van der Waals surface area contributed by atoms with Gasteiger partial charge in [0.15, 0.2) is 0 Å². The average Bonchev–Trinajstić information content (AvgIpc) is 1.79. The lowest BCUT2D eigenvalue weighted by molar-refractivity contribution is -0.154. The Hall–Kier alpha value is -0.570. The second-order valence-corrected chi connectivity index (χ2v) is 2.64. The molecule has 52 valence electrons. The van der Waals surface area contributed by atoms with E-state index in [4.69, 9.17) is 4.84 Å². The summed E-state index contributed by atoms with van der Waals surface area (Å²) in [5.74, 6) is 0. The number of rotatable bonds is 3. The first-order valence-electron chi connectivity index (χ1n) is 3.14. The lowest BCUT2D eigenvalue weighted by Crippen LogP contribution is -2.40. The first kappa shape index (κ1) is 6.55. The molecule has 0 atom stereocenters. The Labute approximate surface area is 54.3 Å². The SMILES string of the molecule is CC1(ONC=O)CCC1. The van der Waals surface area contributed by atoms with Gasteiger partial charge in [0.1, 0.15) is 0 Å². The van der Waals surface area contributed by atoms with Gasteiger partial charge in [-0.05, 0) is 26.2 Å². The number of hydroxylamine groups is 1. The van der Waals surface area contributed by atoms with Crippen molar-refractivity contribution in [1.29, 1.82) is 0 Å². The summed E-state index contributed by atoms with van der Waals surface area (Å²) in [7, 11) is 0. The van der Waals surface area contributed by atoms with Crippen LogP contribution in [-0.4, -0.2) is 12.0 Å². The molecule has 1 N–H and O–H groups in total. The van der Waals surface area contributed by atoms with Crippen LogP contribution >= 0.6 is 0 Å². The van der Waals surface area contributed by atoms with Gasteiger partial charge in [0.2, 0.25) is 6.41 Å². The van der Waals surface area contributed by atoms with Crippen molar-refractivity contribution in [2.75, 3.05) is 0 Å². The number of hydrogen-bond donors (Lipinski definition) is 1. The third kappa shape index (κ3) is 1.42. The minimum Gasteiger partial charge on any atom is -0.277 e. The molecule has 1 saturated carbocycles. The van der Waals surface area contributed by atoms with Gasteiger partial charge in [0.25, 0.3) is 0 Å². The molecule has 0 aliphatic heterocycles. The van der Waals surface area contributed by atoms with Crippen LogP contribution < -0.4 is 5.48 Å². The summed E-state index contributed by atoms with van der Waals surface area (Å²) < 4.78 is 0. The summed E-state index contributed by atoms with van der Waals surface area (Å²) in [6.45, 7) is 1.99. The lowest BCUT2D eigenvalue weighted by atomic mass is 9.82. The van der Waals surface area contributed by atoms with Crippen LogP contribution in [0.15, 0.2) is 0 Å². The number of hydrogen-bond acceptors (Lipinski definition) is 2. The van der Waals surface area contributed by atoms with Crippen molar-refractivity contribution in [2.45, 2.75) is 31.8 Å². The molecule has 0 heterocycles. The predicted molar refractivity (Wildman–Crippen MR) is 32.5 cm³/mol. The molecule has 1 amide bonds. The molecule has 0 saturated heterocycles. The fourth-order valence-electron chi connectivity index (χ4n) is 0.943. The van der Waals surface area contributed by atoms with E-state index < -0.39 is 0 Å². The van der Waals surface area contributed by atoms with Crippen molar-refractivity contribution in [2.24, 2.45) is 0 Å². The van der Waals surface area contributed by atoms with Crippen molar-refractivity contribution in [3.63, 3.8) is 0 Å². The summed E-state index contributed by atoms with van der Waals surface area (Å²) in [6, 6.07) is 0. The smallest absolute Gasteiger partial charge is 0.230 e. The molecule has 0 radical (unpaired) electrons. The zero-order valence-corrected chi connectivity index (χ0v) is 5.52. The van der Waals surface area contributed by atoms with Gasteiger partial charge in [0, 0.05) is 0 Å². The van der Waals surface area contributed by atoms with Crippen LogP contribution in [0.5, 0.6) is 0 Å². The molecule has 3 nitrogen and oxygen atoms in total. The minimum absolute atomic E-state index is 0.0685. The number of amides is 1. The van der Waals surface area contributed by atoms with Crippen LogP contribution in [0, 0.1) is 0 Å². The van der Waals surface area contributed by atoms with Gasteiger partial charge in [0.05, 0.1) is 5.60 Å². The number of nitrogens with one attached hydrogen (secondary N) is 1. The second kappa shape index (κ2) is 2.35. The molecule has 0 aromatic rings. The van der Waals surface area contributed by atoms with E-state index in [0.29, 0.717) is 6.41 Å². The lowest BCUT2D eigenvalue weighted by Gasteiger charge is -2.36. The maximum Gasteiger partial charge on any atom is 0.230 e. The first-order chi connectivity index (χ1) is 4.27. The predicted octanol–water partition coefficient (Wildman–Crippen LogP) is 0.607. The quantitative estimate of drug-likeness (QED) is 0.447. The third-order valence-corrected chi connectivity index (χ3v) is 1.76. The van der Waals surface area contributed by atoms with E-state index in [1.807, 2.05) is 6.92 Å². The van der Waals surface area contributed by atoms with E-state index in [1.165, 1.54) is 6.42 Å². The van der Waals surface area contributed by atoms with Gasteiger partial charge >= 0.3 is 0 Å². The molecule has 0 spiro atoms. The van der Waals surface area contributed by atoms with E-state index in [-0.39, 0.29) is 5.60 Å². The van der Waals surface area contributed by atoms with Crippen molar-refractivity contribution in [1.82, 2.24) is 5.48 Å². The number of carbonyl (C=O) groups is 1. The van der Waals surface area contributed by atoms with Crippen molar-refractivity contribution in [3.05, 3.63) is 0 Å². The third-order valence-electron chi connectivity index (χ3n) is 1.76. The largest absolute Gasteiger partial charge is 0.277 e. The fraction of sp³-hybridized carbons (Fsp3) is 0.833. The summed E-state index contributed by atoms with van der Waals surface area (Å²) in [5.41, 5.74) is 2.14. The second-order valence-electron chi connectivity index (χ2n) is 2.64. The van der Waals surface area contributed by atoms with E-state index in [9.17, 15) is 4.79 Å². The Morgan fingerprint density at radius 1 is 1.67 bits per heavy atom. The highest BCUT2D eigenvalue weighted by atomic mass is 16.7.